The monoisotopic (exact) mass is 582 g/mol. The van der Waals surface area contributed by atoms with E-state index in [2.05, 4.69) is 25.6 Å². The highest BCUT2D eigenvalue weighted by atomic mass is 19.4. The van der Waals surface area contributed by atoms with E-state index in [9.17, 15) is 33.0 Å². The van der Waals surface area contributed by atoms with Gasteiger partial charge in [-0.05, 0) is 48.9 Å². The molecule has 1 fully saturated rings. The summed E-state index contributed by atoms with van der Waals surface area (Å²) in [5, 5.41) is 25.7. The van der Waals surface area contributed by atoms with Gasteiger partial charge in [0.25, 0.3) is 5.91 Å². The van der Waals surface area contributed by atoms with Crippen LogP contribution in [0.3, 0.4) is 0 Å². The van der Waals surface area contributed by atoms with Crippen molar-refractivity contribution in [2.75, 3.05) is 11.9 Å². The lowest BCUT2D eigenvalue weighted by atomic mass is 9.80. The van der Waals surface area contributed by atoms with E-state index in [1.807, 2.05) is 6.92 Å². The minimum Gasteiger partial charge on any atom is -0.475 e. The molecule has 0 bridgehead atoms. The molecule has 42 heavy (non-hydrogen) atoms. The molecule has 2 atom stereocenters. The molecule has 220 valence electrons. The van der Waals surface area contributed by atoms with Crippen LogP contribution in [-0.2, 0) is 12.7 Å². The van der Waals surface area contributed by atoms with E-state index in [4.69, 9.17) is 0 Å². The SMILES string of the molecule is CC(Nc1nc(C(=O)O)nc2nc(C(=O)NC(CO)c3ccccc3)n(Cc3ccc(C(F)(F)F)cc3)c12)C1CCC1. The van der Waals surface area contributed by atoms with Gasteiger partial charge in [0.2, 0.25) is 11.6 Å². The average molecular weight is 583 g/mol. The van der Waals surface area contributed by atoms with Crippen LogP contribution < -0.4 is 10.6 Å². The lowest BCUT2D eigenvalue weighted by Gasteiger charge is -2.32. The highest BCUT2D eigenvalue weighted by Crippen LogP contribution is 2.33. The van der Waals surface area contributed by atoms with Gasteiger partial charge in [-0.1, -0.05) is 48.9 Å². The van der Waals surface area contributed by atoms with E-state index in [0.717, 1.165) is 31.4 Å². The molecule has 0 aliphatic heterocycles. The summed E-state index contributed by atoms with van der Waals surface area (Å²) in [4.78, 5) is 38.2. The van der Waals surface area contributed by atoms with Crippen LogP contribution in [0.1, 0.15) is 70.2 Å². The van der Waals surface area contributed by atoms with E-state index in [1.165, 1.54) is 16.7 Å². The third-order valence-electron chi connectivity index (χ3n) is 7.53. The van der Waals surface area contributed by atoms with Crippen LogP contribution in [0.15, 0.2) is 54.6 Å². The number of aromatic carboxylic acids is 1. The first kappa shape index (κ1) is 29.0. The number of nitrogens with one attached hydrogen (secondary N) is 2. The van der Waals surface area contributed by atoms with Gasteiger partial charge >= 0.3 is 12.1 Å². The van der Waals surface area contributed by atoms with Gasteiger partial charge in [-0.2, -0.15) is 13.2 Å². The van der Waals surface area contributed by atoms with Gasteiger partial charge in [-0.3, -0.25) is 4.79 Å². The van der Waals surface area contributed by atoms with Gasteiger partial charge < -0.3 is 25.4 Å². The number of nitrogens with zero attached hydrogens (tertiary/aromatic N) is 4. The first-order chi connectivity index (χ1) is 20.0. The number of aliphatic hydroxyl groups is 1. The van der Waals surface area contributed by atoms with E-state index < -0.39 is 42.1 Å². The standard InChI is InChI=1S/C29H29F3N6O4/c1-16(18-8-5-9-18)33-23-22-24(36-25(35-23)28(41)42)37-26(27(40)34-21(15-39)19-6-3-2-4-7-19)38(22)14-17-10-12-20(13-11-17)29(30,31)32/h2-4,6-7,10-13,16,18,21,39H,5,8-9,14-15H2,1H3,(H,34,40)(H,41,42)(H,33,35,36). The fraction of sp³-hybridized carbons (Fsp3) is 0.345. The average Bonchev–Trinajstić information content (AvgIpc) is 3.29. The van der Waals surface area contributed by atoms with Crippen molar-refractivity contribution < 1.29 is 33.0 Å². The molecule has 0 saturated heterocycles. The van der Waals surface area contributed by atoms with Crippen LogP contribution in [0.2, 0.25) is 0 Å². The molecular weight excluding hydrogens is 553 g/mol. The molecular formula is C29H29F3N6O4. The molecule has 1 amide bonds. The predicted octanol–water partition coefficient (Wildman–Crippen LogP) is 4.66. The number of amides is 1. The number of imidazole rings is 1. The van der Waals surface area contributed by atoms with E-state index in [-0.39, 0.29) is 35.4 Å². The number of hydrogen-bond donors (Lipinski definition) is 4. The molecule has 10 nitrogen and oxygen atoms in total. The second-order valence-corrected chi connectivity index (χ2v) is 10.3. The lowest BCUT2D eigenvalue weighted by molar-refractivity contribution is -0.137. The number of hydrogen-bond acceptors (Lipinski definition) is 7. The summed E-state index contributed by atoms with van der Waals surface area (Å²) in [6.45, 7) is 1.45. The number of carboxylic acids is 1. The third-order valence-corrected chi connectivity index (χ3v) is 7.53. The maximum atomic E-state index is 13.6. The minimum atomic E-state index is -4.52. The zero-order valence-corrected chi connectivity index (χ0v) is 22.6. The topological polar surface area (TPSA) is 142 Å². The van der Waals surface area contributed by atoms with Gasteiger partial charge in [0.1, 0.15) is 5.52 Å². The maximum Gasteiger partial charge on any atom is 0.416 e. The summed E-state index contributed by atoms with van der Waals surface area (Å²) >= 11 is 0. The van der Waals surface area contributed by atoms with Crippen LogP contribution in [0.5, 0.6) is 0 Å². The highest BCUT2D eigenvalue weighted by Gasteiger charge is 2.31. The zero-order chi connectivity index (χ0) is 30.0. The van der Waals surface area contributed by atoms with E-state index in [0.29, 0.717) is 17.0 Å². The van der Waals surface area contributed by atoms with Crippen molar-refractivity contribution in [1.82, 2.24) is 24.8 Å². The van der Waals surface area contributed by atoms with Crippen molar-refractivity contribution in [2.45, 2.75) is 51.0 Å². The lowest BCUT2D eigenvalue weighted by Crippen LogP contribution is -2.33. The van der Waals surface area contributed by atoms with Crippen LogP contribution in [0, 0.1) is 5.92 Å². The summed E-state index contributed by atoms with van der Waals surface area (Å²) in [7, 11) is 0. The summed E-state index contributed by atoms with van der Waals surface area (Å²) in [5.41, 5.74) is 0.417. The molecule has 5 rings (SSSR count). The van der Waals surface area contributed by atoms with Crippen molar-refractivity contribution in [3.05, 3.63) is 82.9 Å². The van der Waals surface area contributed by atoms with Crippen LogP contribution in [0.4, 0.5) is 19.0 Å². The summed E-state index contributed by atoms with van der Waals surface area (Å²) in [6, 6.07) is 12.4. The smallest absolute Gasteiger partial charge is 0.416 e. The van der Waals surface area contributed by atoms with Crippen molar-refractivity contribution in [3.63, 3.8) is 0 Å². The van der Waals surface area contributed by atoms with Gasteiger partial charge in [0, 0.05) is 6.04 Å². The number of aromatic nitrogens is 4. The Hall–Kier alpha value is -4.52. The largest absolute Gasteiger partial charge is 0.475 e. The molecule has 4 aromatic rings. The first-order valence-corrected chi connectivity index (χ1v) is 13.5. The van der Waals surface area contributed by atoms with Gasteiger partial charge in [0.05, 0.1) is 24.8 Å². The van der Waals surface area contributed by atoms with E-state index in [1.54, 1.807) is 30.3 Å². The van der Waals surface area contributed by atoms with Gasteiger partial charge in [-0.15, -0.1) is 0 Å². The predicted molar refractivity (Wildman–Crippen MR) is 147 cm³/mol. The Morgan fingerprint density at radius 3 is 2.31 bits per heavy atom. The normalized spacial score (nSPS) is 15.2. The van der Waals surface area contributed by atoms with Crippen molar-refractivity contribution in [1.29, 1.82) is 0 Å². The highest BCUT2D eigenvalue weighted by molar-refractivity contribution is 5.98. The van der Waals surface area contributed by atoms with Gasteiger partial charge in [0.15, 0.2) is 11.5 Å². The molecule has 13 heteroatoms. The number of rotatable bonds is 10. The first-order valence-electron chi connectivity index (χ1n) is 13.5. The Kier molecular flexibility index (Phi) is 8.12. The van der Waals surface area contributed by atoms with Gasteiger partial charge in [-0.25, -0.2) is 19.7 Å². The Balaban J connectivity index is 1.61. The zero-order valence-electron chi connectivity index (χ0n) is 22.6. The molecule has 0 radical (unpaired) electrons. The van der Waals surface area contributed by atoms with E-state index >= 15 is 0 Å². The number of benzene rings is 2. The minimum absolute atomic E-state index is 0.0666. The molecule has 2 aromatic carbocycles. The molecule has 1 saturated carbocycles. The molecule has 2 heterocycles. The number of carbonyl (C=O) groups is 2. The van der Waals surface area contributed by atoms with Crippen molar-refractivity contribution >= 4 is 28.9 Å². The quantitative estimate of drug-likeness (QED) is 0.212. The van der Waals surface area contributed by atoms with Crippen LogP contribution in [-0.4, -0.2) is 54.3 Å². The number of anilines is 1. The maximum absolute atomic E-state index is 13.6. The second kappa shape index (κ2) is 11.8. The van der Waals surface area contributed by atoms with Crippen LogP contribution >= 0.6 is 0 Å². The summed E-state index contributed by atoms with van der Waals surface area (Å²) < 4.78 is 41.0. The number of fused-ring (bicyclic) bond motifs is 1. The number of carboxylic acid groups (broad SMARTS) is 1. The fourth-order valence-corrected chi connectivity index (χ4v) is 4.96. The molecule has 2 aromatic heterocycles. The fourth-order valence-electron chi connectivity index (χ4n) is 4.96. The number of alkyl halides is 3. The molecule has 1 aliphatic rings. The number of aliphatic hydroxyl groups excluding tert-OH is 1. The Morgan fingerprint density at radius 2 is 1.74 bits per heavy atom. The second-order valence-electron chi connectivity index (χ2n) is 10.3. The van der Waals surface area contributed by atoms with Crippen molar-refractivity contribution in [3.8, 4) is 0 Å². The molecule has 4 N–H and O–H groups in total. The summed E-state index contributed by atoms with van der Waals surface area (Å²) in [5.74, 6) is -2.28. The molecule has 1 aliphatic carbocycles. The number of carbonyl (C=O) groups excluding carboxylic acids is 1. The van der Waals surface area contributed by atoms with Crippen LogP contribution in [0.25, 0.3) is 11.2 Å². The Bertz CT molecular complexity index is 1590. The summed E-state index contributed by atoms with van der Waals surface area (Å²) in [6.07, 6.45) is -1.44. The van der Waals surface area contributed by atoms with Crippen molar-refractivity contribution in [2.24, 2.45) is 5.92 Å². The Morgan fingerprint density at radius 1 is 1.05 bits per heavy atom. The molecule has 2 unspecified atom stereocenters. The molecule has 0 spiro atoms. The Labute approximate surface area is 238 Å². The third kappa shape index (κ3) is 6.05. The number of halogens is 3.